The highest BCUT2D eigenvalue weighted by Gasteiger charge is 2.17. The molecular weight excluding hydrogens is 339 g/mol. The number of nitrogens with one attached hydrogen (secondary N) is 3. The van der Waals surface area contributed by atoms with Gasteiger partial charge in [0, 0.05) is 12.0 Å². The highest BCUT2D eigenvalue weighted by molar-refractivity contribution is 6.08. The molecule has 8 heteroatoms. The number of aromatic nitrogens is 2. The molecule has 0 bridgehead atoms. The predicted octanol–water partition coefficient (Wildman–Crippen LogP) is 2.80. The van der Waals surface area contributed by atoms with Crippen LogP contribution in [0.15, 0.2) is 36.5 Å². The zero-order valence-electron chi connectivity index (χ0n) is 14.2. The van der Waals surface area contributed by atoms with E-state index >= 15 is 0 Å². The number of hydrogen-bond donors (Lipinski definition) is 4. The van der Waals surface area contributed by atoms with Gasteiger partial charge < -0.3 is 10.4 Å². The summed E-state index contributed by atoms with van der Waals surface area (Å²) in [5, 5.41) is 19.2. The standard InChI is InChI=1S/C18H19FN4O3/c1-11-3-5-16(14(19)9-11)21-17-12(18(25)23-26-8-2-7-24)4-6-15-13(17)10-20-22-15/h3-6,9-10,21,24H,2,7-8H2,1H3,(H,20,22)(H,23,25). The third-order valence-electron chi connectivity index (χ3n) is 3.82. The molecule has 2 aromatic carbocycles. The summed E-state index contributed by atoms with van der Waals surface area (Å²) in [7, 11) is 0. The first kappa shape index (κ1) is 17.8. The molecule has 1 amide bonds. The molecule has 0 fully saturated rings. The van der Waals surface area contributed by atoms with Crippen LogP contribution in [0.4, 0.5) is 15.8 Å². The number of aryl methyl sites for hydroxylation is 1. The van der Waals surface area contributed by atoms with Crippen molar-refractivity contribution in [2.45, 2.75) is 13.3 Å². The van der Waals surface area contributed by atoms with E-state index in [0.29, 0.717) is 23.0 Å². The summed E-state index contributed by atoms with van der Waals surface area (Å²) in [6.07, 6.45) is 1.97. The quantitative estimate of drug-likeness (QED) is 0.384. The van der Waals surface area contributed by atoms with Crippen LogP contribution in [0.3, 0.4) is 0 Å². The molecule has 0 radical (unpaired) electrons. The van der Waals surface area contributed by atoms with E-state index in [1.807, 2.05) is 0 Å². The average Bonchev–Trinajstić information content (AvgIpc) is 3.10. The van der Waals surface area contributed by atoms with Crippen LogP contribution in [0.5, 0.6) is 0 Å². The van der Waals surface area contributed by atoms with Crippen LogP contribution in [0.25, 0.3) is 10.9 Å². The fraction of sp³-hybridized carbons (Fsp3) is 0.222. The Balaban J connectivity index is 1.93. The Morgan fingerprint density at radius 1 is 1.35 bits per heavy atom. The van der Waals surface area contributed by atoms with Gasteiger partial charge in [0.05, 0.1) is 35.3 Å². The van der Waals surface area contributed by atoms with Gasteiger partial charge in [0.15, 0.2) is 0 Å². The molecule has 1 heterocycles. The topological polar surface area (TPSA) is 99.3 Å². The highest BCUT2D eigenvalue weighted by Crippen LogP contribution is 2.30. The van der Waals surface area contributed by atoms with E-state index in [1.165, 1.54) is 6.07 Å². The number of aliphatic hydroxyl groups excluding tert-OH is 1. The molecule has 3 rings (SSSR count). The van der Waals surface area contributed by atoms with E-state index in [0.717, 1.165) is 5.56 Å². The zero-order chi connectivity index (χ0) is 18.5. The Hall–Kier alpha value is -2.97. The fourth-order valence-corrected chi connectivity index (χ4v) is 2.51. The number of halogens is 1. The number of aromatic amines is 1. The number of nitrogens with zero attached hydrogens (tertiary/aromatic N) is 1. The largest absolute Gasteiger partial charge is 0.396 e. The summed E-state index contributed by atoms with van der Waals surface area (Å²) in [5.74, 6) is -0.905. The van der Waals surface area contributed by atoms with Gasteiger partial charge >= 0.3 is 0 Å². The molecule has 0 aliphatic carbocycles. The lowest BCUT2D eigenvalue weighted by molar-refractivity contribution is 0.0262. The molecule has 4 N–H and O–H groups in total. The summed E-state index contributed by atoms with van der Waals surface area (Å²) >= 11 is 0. The number of rotatable bonds is 7. The van der Waals surface area contributed by atoms with Gasteiger partial charge in [-0.05, 0) is 43.2 Å². The van der Waals surface area contributed by atoms with Crippen molar-refractivity contribution >= 4 is 28.2 Å². The molecule has 136 valence electrons. The van der Waals surface area contributed by atoms with Gasteiger partial charge in [-0.1, -0.05) is 6.07 Å². The third-order valence-corrected chi connectivity index (χ3v) is 3.82. The van der Waals surface area contributed by atoms with Crippen LogP contribution in [0, 0.1) is 12.7 Å². The molecule has 0 saturated carbocycles. The predicted molar refractivity (Wildman–Crippen MR) is 95.6 cm³/mol. The number of anilines is 2. The molecule has 0 unspecified atom stereocenters. The van der Waals surface area contributed by atoms with Crippen molar-refractivity contribution in [3.8, 4) is 0 Å². The summed E-state index contributed by atoms with van der Waals surface area (Å²) in [6, 6.07) is 8.11. The van der Waals surface area contributed by atoms with Gasteiger partial charge in [-0.2, -0.15) is 5.10 Å². The second kappa shape index (κ2) is 7.94. The number of hydroxylamine groups is 1. The number of benzene rings is 2. The van der Waals surface area contributed by atoms with Crippen molar-refractivity contribution in [2.24, 2.45) is 0 Å². The Morgan fingerprint density at radius 2 is 2.19 bits per heavy atom. The van der Waals surface area contributed by atoms with Crippen LogP contribution in [-0.4, -0.2) is 34.4 Å². The van der Waals surface area contributed by atoms with Crippen molar-refractivity contribution in [1.29, 1.82) is 0 Å². The first-order valence-electron chi connectivity index (χ1n) is 8.12. The molecule has 0 saturated heterocycles. The maximum absolute atomic E-state index is 14.2. The molecule has 0 aliphatic heterocycles. The lowest BCUT2D eigenvalue weighted by Crippen LogP contribution is -2.25. The first-order chi connectivity index (χ1) is 12.6. The minimum Gasteiger partial charge on any atom is -0.396 e. The van der Waals surface area contributed by atoms with Crippen molar-refractivity contribution in [2.75, 3.05) is 18.5 Å². The second-order valence-corrected chi connectivity index (χ2v) is 5.78. The minimum atomic E-state index is -0.485. The Labute approximate surface area is 149 Å². The lowest BCUT2D eigenvalue weighted by Gasteiger charge is -2.14. The summed E-state index contributed by atoms with van der Waals surface area (Å²) in [5.41, 5.74) is 4.78. The number of amides is 1. The van der Waals surface area contributed by atoms with Gasteiger partial charge in [0.2, 0.25) is 0 Å². The zero-order valence-corrected chi connectivity index (χ0v) is 14.2. The van der Waals surface area contributed by atoms with E-state index in [1.54, 1.807) is 37.4 Å². The first-order valence-corrected chi connectivity index (χ1v) is 8.12. The van der Waals surface area contributed by atoms with Crippen LogP contribution >= 0.6 is 0 Å². The van der Waals surface area contributed by atoms with E-state index in [9.17, 15) is 9.18 Å². The Morgan fingerprint density at radius 3 is 2.96 bits per heavy atom. The monoisotopic (exact) mass is 358 g/mol. The Bertz CT molecular complexity index is 926. The number of fused-ring (bicyclic) bond motifs is 1. The fourth-order valence-electron chi connectivity index (χ4n) is 2.51. The van der Waals surface area contributed by atoms with Gasteiger partial charge in [0.25, 0.3) is 5.91 Å². The number of H-pyrrole nitrogens is 1. The maximum atomic E-state index is 14.2. The van der Waals surface area contributed by atoms with Crippen LogP contribution < -0.4 is 10.8 Å². The average molecular weight is 358 g/mol. The van der Waals surface area contributed by atoms with Crippen molar-refractivity contribution in [3.63, 3.8) is 0 Å². The van der Waals surface area contributed by atoms with E-state index in [4.69, 9.17) is 9.94 Å². The van der Waals surface area contributed by atoms with Gasteiger partial charge in [-0.25, -0.2) is 9.87 Å². The minimum absolute atomic E-state index is 0.0314. The summed E-state index contributed by atoms with van der Waals surface area (Å²) < 4.78 is 14.2. The molecule has 0 atom stereocenters. The summed E-state index contributed by atoms with van der Waals surface area (Å²) in [6.45, 7) is 1.95. The molecule has 7 nitrogen and oxygen atoms in total. The van der Waals surface area contributed by atoms with Gasteiger partial charge in [-0.15, -0.1) is 0 Å². The van der Waals surface area contributed by atoms with Crippen LogP contribution in [0.2, 0.25) is 0 Å². The molecule has 26 heavy (non-hydrogen) atoms. The maximum Gasteiger partial charge on any atom is 0.276 e. The lowest BCUT2D eigenvalue weighted by atomic mass is 10.1. The molecule has 0 aliphatic rings. The normalized spacial score (nSPS) is 10.9. The van der Waals surface area contributed by atoms with Crippen LogP contribution in [0.1, 0.15) is 22.3 Å². The smallest absolute Gasteiger partial charge is 0.276 e. The van der Waals surface area contributed by atoms with Crippen molar-refractivity contribution in [3.05, 3.63) is 53.5 Å². The molecular formula is C18H19FN4O3. The Kier molecular flexibility index (Phi) is 5.45. The molecule has 3 aromatic rings. The van der Waals surface area contributed by atoms with Gasteiger partial charge in [0.1, 0.15) is 5.82 Å². The van der Waals surface area contributed by atoms with Crippen molar-refractivity contribution in [1.82, 2.24) is 15.7 Å². The summed E-state index contributed by atoms with van der Waals surface area (Å²) in [4.78, 5) is 17.5. The van der Waals surface area contributed by atoms with Gasteiger partial charge in [-0.3, -0.25) is 14.7 Å². The van der Waals surface area contributed by atoms with E-state index in [2.05, 4.69) is 21.0 Å². The highest BCUT2D eigenvalue weighted by atomic mass is 19.1. The number of aliphatic hydroxyl groups is 1. The molecule has 1 aromatic heterocycles. The SMILES string of the molecule is Cc1ccc(Nc2c(C(=O)NOCCCO)ccc3[nH]ncc23)c(F)c1. The number of hydrogen-bond acceptors (Lipinski definition) is 5. The van der Waals surface area contributed by atoms with Crippen molar-refractivity contribution < 1.29 is 19.1 Å². The number of carbonyl (C=O) groups is 1. The second-order valence-electron chi connectivity index (χ2n) is 5.78. The van der Waals surface area contributed by atoms with E-state index < -0.39 is 11.7 Å². The molecule has 0 spiro atoms. The third kappa shape index (κ3) is 3.81. The van der Waals surface area contributed by atoms with E-state index in [-0.39, 0.29) is 24.5 Å². The van der Waals surface area contributed by atoms with Crippen LogP contribution in [-0.2, 0) is 4.84 Å². The number of carbonyl (C=O) groups excluding carboxylic acids is 1.